The molecule has 0 aliphatic heterocycles. The van der Waals surface area contributed by atoms with Crippen molar-refractivity contribution in [1.29, 1.82) is 0 Å². The molecule has 4 N–H and O–H groups in total. The third kappa shape index (κ3) is 3.13. The molecule has 2 heterocycles. The average Bonchev–Trinajstić information content (AvgIpc) is 3.35. The highest BCUT2D eigenvalue weighted by atomic mass is 79.9. The van der Waals surface area contributed by atoms with E-state index in [9.17, 15) is 5.11 Å². The summed E-state index contributed by atoms with van der Waals surface area (Å²) in [6.07, 6.45) is 4.92. The van der Waals surface area contributed by atoms with Gasteiger partial charge in [0.25, 0.3) is 0 Å². The number of benzene rings is 3. The molecular formula is C24H22BrN3O2. The van der Waals surface area contributed by atoms with Gasteiger partial charge in [-0.25, -0.2) is 0 Å². The first-order valence-corrected chi connectivity index (χ1v) is 10.8. The molecule has 152 valence electrons. The summed E-state index contributed by atoms with van der Waals surface area (Å²) in [5.74, 6) is 0.660. The molecule has 5 nitrogen and oxygen atoms in total. The number of hydrogen-bond donors (Lipinski definition) is 4. The van der Waals surface area contributed by atoms with Crippen molar-refractivity contribution in [3.8, 4) is 22.6 Å². The Balaban J connectivity index is 1.69. The number of phenolic OH excluding ortho intramolecular Hbond substituents is 1. The molecule has 0 spiro atoms. The van der Waals surface area contributed by atoms with Gasteiger partial charge in [0, 0.05) is 50.0 Å². The molecule has 6 heteroatoms. The Bertz CT molecular complexity index is 1370. The lowest BCUT2D eigenvalue weighted by Gasteiger charge is -2.09. The molecule has 0 atom stereocenters. The van der Waals surface area contributed by atoms with Crippen LogP contribution in [-0.2, 0) is 0 Å². The number of rotatable bonds is 6. The quantitative estimate of drug-likeness (QED) is 0.236. The first kappa shape index (κ1) is 19.0. The number of aromatic hydroxyl groups is 1. The molecule has 0 amide bonds. The molecule has 3 aromatic carbocycles. The number of hydrogen-bond acceptors (Lipinski definition) is 3. The fourth-order valence-corrected chi connectivity index (χ4v) is 4.59. The van der Waals surface area contributed by atoms with Gasteiger partial charge in [-0.15, -0.1) is 0 Å². The van der Waals surface area contributed by atoms with Gasteiger partial charge in [-0.3, -0.25) is 0 Å². The van der Waals surface area contributed by atoms with Crippen molar-refractivity contribution in [3.63, 3.8) is 0 Å². The van der Waals surface area contributed by atoms with Crippen LogP contribution in [0.4, 0.5) is 0 Å². The van der Waals surface area contributed by atoms with Crippen LogP contribution in [0.5, 0.6) is 11.5 Å². The third-order valence-corrected chi connectivity index (χ3v) is 6.19. The van der Waals surface area contributed by atoms with Crippen LogP contribution in [-0.4, -0.2) is 35.3 Å². The average molecular weight is 464 g/mol. The van der Waals surface area contributed by atoms with E-state index in [1.165, 1.54) is 0 Å². The summed E-state index contributed by atoms with van der Waals surface area (Å²) in [5.41, 5.74) is 4.25. The summed E-state index contributed by atoms with van der Waals surface area (Å²) >= 11 is 3.69. The predicted molar refractivity (Wildman–Crippen MR) is 127 cm³/mol. The molecule has 0 aliphatic rings. The molecule has 2 aromatic heterocycles. The molecule has 5 aromatic rings. The molecule has 0 fully saturated rings. The zero-order chi connectivity index (χ0) is 20.7. The smallest absolute Gasteiger partial charge is 0.163 e. The molecule has 0 aliphatic carbocycles. The van der Waals surface area contributed by atoms with Gasteiger partial charge in [0.2, 0.25) is 0 Å². The van der Waals surface area contributed by atoms with Gasteiger partial charge in [-0.05, 0) is 49.3 Å². The SMILES string of the molecule is CNCCCOc1cc2[nH]c3cc(-c4ccccc4Br)c4c[nH]cc4c3c2cc1O. The van der Waals surface area contributed by atoms with Gasteiger partial charge in [0.05, 0.1) is 12.1 Å². The molecule has 0 bridgehead atoms. The highest BCUT2D eigenvalue weighted by Crippen LogP contribution is 2.42. The summed E-state index contributed by atoms with van der Waals surface area (Å²) in [6, 6.07) is 14.1. The van der Waals surface area contributed by atoms with E-state index in [1.807, 2.05) is 37.6 Å². The zero-order valence-corrected chi connectivity index (χ0v) is 18.1. The lowest BCUT2D eigenvalue weighted by atomic mass is 9.97. The number of aromatic amines is 2. The molecule has 0 radical (unpaired) electrons. The lowest BCUT2D eigenvalue weighted by Crippen LogP contribution is -2.11. The zero-order valence-electron chi connectivity index (χ0n) is 16.6. The Morgan fingerprint density at radius 3 is 2.67 bits per heavy atom. The number of fused-ring (bicyclic) bond motifs is 5. The minimum Gasteiger partial charge on any atom is -0.504 e. The first-order chi connectivity index (χ1) is 14.7. The van der Waals surface area contributed by atoms with Crippen molar-refractivity contribution in [1.82, 2.24) is 15.3 Å². The maximum Gasteiger partial charge on any atom is 0.163 e. The first-order valence-electron chi connectivity index (χ1n) is 9.97. The van der Waals surface area contributed by atoms with E-state index in [1.54, 1.807) is 6.07 Å². The number of aromatic nitrogens is 2. The van der Waals surface area contributed by atoms with Gasteiger partial charge >= 0.3 is 0 Å². The molecule has 30 heavy (non-hydrogen) atoms. The molecule has 0 unspecified atom stereocenters. The normalized spacial score (nSPS) is 11.7. The van der Waals surface area contributed by atoms with Crippen LogP contribution in [0.1, 0.15) is 6.42 Å². The number of ether oxygens (including phenoxy) is 1. The largest absolute Gasteiger partial charge is 0.504 e. The minimum atomic E-state index is 0.159. The van der Waals surface area contributed by atoms with Gasteiger partial charge in [0.15, 0.2) is 11.5 Å². The summed E-state index contributed by atoms with van der Waals surface area (Å²) in [7, 11) is 1.91. The lowest BCUT2D eigenvalue weighted by molar-refractivity contribution is 0.294. The highest BCUT2D eigenvalue weighted by Gasteiger charge is 2.17. The van der Waals surface area contributed by atoms with Crippen molar-refractivity contribution in [2.75, 3.05) is 20.2 Å². The fraction of sp³-hybridized carbons (Fsp3) is 0.167. The Morgan fingerprint density at radius 1 is 1.00 bits per heavy atom. The maximum absolute atomic E-state index is 10.6. The summed E-state index contributed by atoms with van der Waals surface area (Å²) in [5, 5.41) is 18.0. The van der Waals surface area contributed by atoms with Crippen molar-refractivity contribution in [3.05, 3.63) is 59.3 Å². The van der Waals surface area contributed by atoms with Crippen molar-refractivity contribution in [2.45, 2.75) is 6.42 Å². The number of nitrogens with one attached hydrogen (secondary N) is 3. The van der Waals surface area contributed by atoms with E-state index in [4.69, 9.17) is 4.74 Å². The van der Waals surface area contributed by atoms with E-state index < -0.39 is 0 Å². The maximum atomic E-state index is 10.6. The Kier molecular flexibility index (Phi) is 4.89. The molecule has 0 saturated carbocycles. The molecule has 0 saturated heterocycles. The predicted octanol–water partition coefficient (Wildman–Crippen LogP) is 5.93. The Morgan fingerprint density at radius 2 is 1.83 bits per heavy atom. The Hall–Kier alpha value is -2.96. The van der Waals surface area contributed by atoms with Crippen LogP contribution >= 0.6 is 15.9 Å². The fourth-order valence-electron chi connectivity index (χ4n) is 4.09. The number of H-pyrrole nitrogens is 2. The van der Waals surface area contributed by atoms with E-state index >= 15 is 0 Å². The molecule has 5 rings (SSSR count). The van der Waals surface area contributed by atoms with E-state index in [2.05, 4.69) is 49.4 Å². The van der Waals surface area contributed by atoms with Crippen LogP contribution in [0.25, 0.3) is 43.7 Å². The highest BCUT2D eigenvalue weighted by molar-refractivity contribution is 9.10. The third-order valence-electron chi connectivity index (χ3n) is 5.49. The van der Waals surface area contributed by atoms with Crippen LogP contribution in [0, 0.1) is 0 Å². The van der Waals surface area contributed by atoms with Crippen molar-refractivity contribution in [2.24, 2.45) is 0 Å². The van der Waals surface area contributed by atoms with Crippen molar-refractivity contribution < 1.29 is 9.84 Å². The van der Waals surface area contributed by atoms with E-state index in [-0.39, 0.29) is 5.75 Å². The summed E-state index contributed by atoms with van der Waals surface area (Å²) in [4.78, 5) is 6.78. The second kappa shape index (κ2) is 7.70. The number of phenols is 1. The number of halogens is 1. The van der Waals surface area contributed by atoms with E-state index in [0.29, 0.717) is 12.4 Å². The standard InChI is InChI=1S/C24H22BrN3O2/c1-26-7-4-8-30-23-11-20-16(10-22(23)29)24-18-13-27-12-17(18)15(9-21(24)28-20)14-5-2-3-6-19(14)25/h2-3,5-6,9-13,26-29H,4,7-8H2,1H3. The van der Waals surface area contributed by atoms with Crippen LogP contribution in [0.2, 0.25) is 0 Å². The van der Waals surface area contributed by atoms with Gasteiger partial charge in [-0.1, -0.05) is 34.1 Å². The van der Waals surface area contributed by atoms with Crippen LogP contribution in [0.3, 0.4) is 0 Å². The molecular weight excluding hydrogens is 442 g/mol. The topological polar surface area (TPSA) is 73.1 Å². The van der Waals surface area contributed by atoms with Crippen LogP contribution < -0.4 is 10.1 Å². The van der Waals surface area contributed by atoms with Gasteiger partial charge in [-0.2, -0.15) is 0 Å². The van der Waals surface area contributed by atoms with Crippen molar-refractivity contribution >= 4 is 48.5 Å². The van der Waals surface area contributed by atoms with Crippen LogP contribution in [0.15, 0.2) is 59.3 Å². The summed E-state index contributed by atoms with van der Waals surface area (Å²) < 4.78 is 6.86. The second-order valence-electron chi connectivity index (χ2n) is 7.41. The monoisotopic (exact) mass is 463 g/mol. The van der Waals surface area contributed by atoms with E-state index in [0.717, 1.165) is 61.1 Å². The summed E-state index contributed by atoms with van der Waals surface area (Å²) in [6.45, 7) is 1.42. The van der Waals surface area contributed by atoms with Gasteiger partial charge < -0.3 is 25.1 Å². The minimum absolute atomic E-state index is 0.159. The van der Waals surface area contributed by atoms with Gasteiger partial charge in [0.1, 0.15) is 0 Å². The second-order valence-corrected chi connectivity index (χ2v) is 8.26. The Labute approximate surface area is 182 Å².